The second-order valence-electron chi connectivity index (χ2n) is 9.90. The Bertz CT molecular complexity index is 1480. The van der Waals surface area contributed by atoms with Gasteiger partial charge in [-0.05, 0) is 43.7 Å². The standard InChI is InChI=1S/C30H35Cl2N3O6S/c1-20(2)33-30(37)26(16-21-10-7-6-8-11-21)34(18-23-24(31)12-9-13-25(23)32)29(36)19-35(42(5,38)39)22-14-15-27(40-3)28(17-22)41-4/h6-15,17,20,26H,16,18-19H2,1-5H3,(H,33,37)/t26-/m1/s1. The summed E-state index contributed by atoms with van der Waals surface area (Å²) in [4.78, 5) is 29.2. The average Bonchev–Trinajstić information content (AvgIpc) is 2.94. The van der Waals surface area contributed by atoms with Gasteiger partial charge >= 0.3 is 0 Å². The van der Waals surface area contributed by atoms with E-state index in [1.165, 1.54) is 31.3 Å². The number of sulfonamides is 1. The summed E-state index contributed by atoms with van der Waals surface area (Å²) in [7, 11) is -1.08. The first-order chi connectivity index (χ1) is 19.8. The lowest BCUT2D eigenvalue weighted by atomic mass is 10.0. The molecule has 2 amide bonds. The number of halogens is 2. The number of rotatable bonds is 13. The molecule has 1 atom stereocenters. The van der Waals surface area contributed by atoms with Gasteiger partial charge in [-0.15, -0.1) is 0 Å². The first-order valence-corrected chi connectivity index (χ1v) is 15.7. The zero-order chi connectivity index (χ0) is 31.0. The molecule has 42 heavy (non-hydrogen) atoms. The number of hydrogen-bond donors (Lipinski definition) is 1. The minimum Gasteiger partial charge on any atom is -0.493 e. The molecule has 0 aromatic heterocycles. The van der Waals surface area contributed by atoms with Crippen LogP contribution in [0.3, 0.4) is 0 Å². The summed E-state index contributed by atoms with van der Waals surface area (Å²) in [5.41, 5.74) is 1.43. The van der Waals surface area contributed by atoms with E-state index in [0.717, 1.165) is 16.1 Å². The predicted molar refractivity (Wildman–Crippen MR) is 166 cm³/mol. The van der Waals surface area contributed by atoms with Crippen molar-refractivity contribution in [2.45, 2.75) is 38.9 Å². The predicted octanol–water partition coefficient (Wildman–Crippen LogP) is 4.94. The van der Waals surface area contributed by atoms with Gasteiger partial charge in [0.15, 0.2) is 11.5 Å². The van der Waals surface area contributed by atoms with Crippen LogP contribution in [0, 0.1) is 0 Å². The van der Waals surface area contributed by atoms with E-state index in [0.29, 0.717) is 21.4 Å². The van der Waals surface area contributed by atoms with Crippen LogP contribution in [0.1, 0.15) is 25.0 Å². The highest BCUT2D eigenvalue weighted by atomic mass is 35.5. The number of anilines is 1. The van der Waals surface area contributed by atoms with Gasteiger partial charge in [0.05, 0.1) is 26.2 Å². The lowest BCUT2D eigenvalue weighted by Crippen LogP contribution is -2.54. The second-order valence-corrected chi connectivity index (χ2v) is 12.6. The molecule has 0 unspecified atom stereocenters. The minimum atomic E-state index is -3.97. The molecule has 0 saturated heterocycles. The van der Waals surface area contributed by atoms with Crippen LogP contribution < -0.4 is 19.1 Å². The Morgan fingerprint density at radius 1 is 0.905 bits per heavy atom. The van der Waals surface area contributed by atoms with Crippen molar-refractivity contribution < 1.29 is 27.5 Å². The highest BCUT2D eigenvalue weighted by Crippen LogP contribution is 2.33. The number of nitrogens with one attached hydrogen (secondary N) is 1. The lowest BCUT2D eigenvalue weighted by molar-refractivity contribution is -0.140. The molecular formula is C30H35Cl2N3O6S. The van der Waals surface area contributed by atoms with Crippen LogP contribution in [0.15, 0.2) is 66.7 Å². The summed E-state index contributed by atoms with van der Waals surface area (Å²) in [5, 5.41) is 3.51. The summed E-state index contributed by atoms with van der Waals surface area (Å²) in [6.45, 7) is 2.90. The quantitative estimate of drug-likeness (QED) is 0.285. The van der Waals surface area contributed by atoms with Crippen molar-refractivity contribution in [3.63, 3.8) is 0 Å². The van der Waals surface area contributed by atoms with E-state index >= 15 is 0 Å². The highest BCUT2D eigenvalue weighted by Gasteiger charge is 2.34. The summed E-state index contributed by atoms with van der Waals surface area (Å²) in [5.74, 6) is -0.355. The minimum absolute atomic E-state index is 0.135. The molecular weight excluding hydrogens is 601 g/mol. The molecule has 0 radical (unpaired) electrons. The summed E-state index contributed by atoms with van der Waals surface area (Å²) >= 11 is 13.0. The van der Waals surface area contributed by atoms with E-state index in [-0.39, 0.29) is 30.4 Å². The number of carbonyl (C=O) groups is 2. The van der Waals surface area contributed by atoms with Gasteiger partial charge < -0.3 is 19.7 Å². The van der Waals surface area contributed by atoms with Crippen LogP contribution in [-0.4, -0.2) is 64.2 Å². The van der Waals surface area contributed by atoms with Crippen molar-refractivity contribution in [1.82, 2.24) is 10.2 Å². The molecule has 0 fully saturated rings. The number of nitrogens with zero attached hydrogens (tertiary/aromatic N) is 2. The van der Waals surface area contributed by atoms with Gasteiger partial charge in [0.25, 0.3) is 0 Å². The fourth-order valence-electron chi connectivity index (χ4n) is 4.38. The first-order valence-electron chi connectivity index (χ1n) is 13.1. The van der Waals surface area contributed by atoms with E-state index in [9.17, 15) is 18.0 Å². The Balaban J connectivity index is 2.12. The van der Waals surface area contributed by atoms with Crippen LogP contribution in [0.5, 0.6) is 11.5 Å². The molecule has 0 bridgehead atoms. The van der Waals surface area contributed by atoms with Gasteiger partial charge in [0, 0.05) is 40.7 Å². The van der Waals surface area contributed by atoms with Crippen molar-refractivity contribution in [3.8, 4) is 11.5 Å². The number of benzene rings is 3. The van der Waals surface area contributed by atoms with Crippen molar-refractivity contribution >= 4 is 50.7 Å². The SMILES string of the molecule is COc1ccc(N(CC(=O)N(Cc2c(Cl)cccc2Cl)[C@H](Cc2ccccc2)C(=O)NC(C)C)S(C)(=O)=O)cc1OC. The van der Waals surface area contributed by atoms with Crippen LogP contribution >= 0.6 is 23.2 Å². The van der Waals surface area contributed by atoms with E-state index in [2.05, 4.69) is 5.32 Å². The average molecular weight is 637 g/mol. The normalized spacial score (nSPS) is 12.0. The largest absolute Gasteiger partial charge is 0.493 e. The topological polar surface area (TPSA) is 105 Å². The maximum atomic E-state index is 14.2. The summed E-state index contributed by atoms with van der Waals surface area (Å²) < 4.78 is 37.6. The van der Waals surface area contributed by atoms with E-state index in [1.807, 2.05) is 44.2 Å². The van der Waals surface area contributed by atoms with Crippen LogP contribution in [-0.2, 0) is 32.6 Å². The fourth-order valence-corrected chi connectivity index (χ4v) is 5.74. The Kier molecular flexibility index (Phi) is 11.5. The lowest BCUT2D eigenvalue weighted by Gasteiger charge is -2.34. The summed E-state index contributed by atoms with van der Waals surface area (Å²) in [6.07, 6.45) is 1.17. The zero-order valence-electron chi connectivity index (χ0n) is 24.1. The number of ether oxygens (including phenoxy) is 2. The number of hydrogen-bond acceptors (Lipinski definition) is 6. The van der Waals surface area contributed by atoms with Gasteiger partial charge in [-0.2, -0.15) is 0 Å². The van der Waals surface area contributed by atoms with Gasteiger partial charge in [-0.1, -0.05) is 59.6 Å². The molecule has 0 aliphatic rings. The van der Waals surface area contributed by atoms with Gasteiger partial charge in [-0.25, -0.2) is 8.42 Å². The maximum absolute atomic E-state index is 14.2. The van der Waals surface area contributed by atoms with Crippen molar-refractivity contribution in [1.29, 1.82) is 0 Å². The number of methoxy groups -OCH3 is 2. The number of carbonyl (C=O) groups excluding carboxylic acids is 2. The van der Waals surface area contributed by atoms with Crippen LogP contribution in [0.25, 0.3) is 0 Å². The fraction of sp³-hybridized carbons (Fsp3) is 0.333. The molecule has 1 N–H and O–H groups in total. The number of amides is 2. The van der Waals surface area contributed by atoms with Gasteiger partial charge in [0.1, 0.15) is 12.6 Å². The Hall–Kier alpha value is -3.47. The zero-order valence-corrected chi connectivity index (χ0v) is 26.5. The monoisotopic (exact) mass is 635 g/mol. The van der Waals surface area contributed by atoms with E-state index < -0.39 is 34.4 Å². The van der Waals surface area contributed by atoms with Gasteiger partial charge in [-0.3, -0.25) is 13.9 Å². The first kappa shape index (κ1) is 33.0. The van der Waals surface area contributed by atoms with Gasteiger partial charge in [0.2, 0.25) is 21.8 Å². The summed E-state index contributed by atoms with van der Waals surface area (Å²) in [6, 6.07) is 17.5. The molecule has 0 aliphatic heterocycles. The Labute approximate surface area is 257 Å². The molecule has 12 heteroatoms. The molecule has 226 valence electrons. The maximum Gasteiger partial charge on any atom is 0.244 e. The Morgan fingerprint density at radius 3 is 2.07 bits per heavy atom. The molecule has 3 rings (SSSR count). The van der Waals surface area contributed by atoms with Crippen molar-refractivity contribution in [3.05, 3.63) is 87.9 Å². The molecule has 0 aliphatic carbocycles. The molecule has 9 nitrogen and oxygen atoms in total. The smallest absolute Gasteiger partial charge is 0.244 e. The second kappa shape index (κ2) is 14.6. The van der Waals surface area contributed by atoms with E-state index in [4.69, 9.17) is 32.7 Å². The Morgan fingerprint density at radius 2 is 1.52 bits per heavy atom. The van der Waals surface area contributed by atoms with Crippen molar-refractivity contribution in [2.75, 3.05) is 31.3 Å². The molecule has 3 aromatic rings. The third kappa shape index (κ3) is 8.53. The van der Waals surface area contributed by atoms with E-state index in [1.54, 1.807) is 24.3 Å². The molecule has 0 saturated carbocycles. The molecule has 3 aromatic carbocycles. The molecule has 0 spiro atoms. The van der Waals surface area contributed by atoms with Crippen LogP contribution in [0.2, 0.25) is 10.0 Å². The third-order valence-electron chi connectivity index (χ3n) is 6.43. The van der Waals surface area contributed by atoms with Crippen LogP contribution in [0.4, 0.5) is 5.69 Å². The highest BCUT2D eigenvalue weighted by molar-refractivity contribution is 7.92. The third-order valence-corrected chi connectivity index (χ3v) is 8.28. The molecule has 0 heterocycles. The van der Waals surface area contributed by atoms with Crippen molar-refractivity contribution in [2.24, 2.45) is 0 Å².